The molecule has 2 amide bonds. The van der Waals surface area contributed by atoms with E-state index in [1.54, 1.807) is 4.90 Å². The fourth-order valence-corrected chi connectivity index (χ4v) is 7.54. The van der Waals surface area contributed by atoms with E-state index in [0.29, 0.717) is 16.6 Å². The summed E-state index contributed by atoms with van der Waals surface area (Å²) in [6.07, 6.45) is 6.59. The van der Waals surface area contributed by atoms with Gasteiger partial charge in [-0.3, -0.25) is 9.59 Å². The Bertz CT molecular complexity index is 1390. The van der Waals surface area contributed by atoms with E-state index < -0.39 is 5.41 Å². The molecule has 2 saturated heterocycles. The Balaban J connectivity index is 0.00000442. The average Bonchev–Trinajstić information content (AvgIpc) is 3.26. The third-order valence-electron chi connectivity index (χ3n) is 9.65. The molecular formula is C36H44Cl3N3O2. The highest BCUT2D eigenvalue weighted by Gasteiger charge is 2.44. The van der Waals surface area contributed by atoms with Crippen molar-refractivity contribution >= 4 is 47.4 Å². The molecule has 2 aliphatic rings. The molecule has 0 N–H and O–H groups in total. The van der Waals surface area contributed by atoms with Crippen LogP contribution in [-0.2, 0) is 15.6 Å². The van der Waals surface area contributed by atoms with E-state index in [-0.39, 0.29) is 29.6 Å². The summed E-state index contributed by atoms with van der Waals surface area (Å²) in [6.45, 7) is 4.13. The Labute approximate surface area is 278 Å². The number of likely N-dealkylation sites (tertiary alicyclic amines) is 2. The first-order valence-electron chi connectivity index (χ1n) is 15.5. The van der Waals surface area contributed by atoms with Crippen LogP contribution in [0.4, 0.5) is 0 Å². The Kier molecular flexibility index (Phi) is 11.8. The molecule has 0 aromatic heterocycles. The van der Waals surface area contributed by atoms with Gasteiger partial charge in [-0.2, -0.15) is 0 Å². The number of halogens is 3. The number of amides is 2. The lowest BCUT2D eigenvalue weighted by molar-refractivity contribution is -0.136. The molecule has 1 unspecified atom stereocenters. The van der Waals surface area contributed by atoms with E-state index in [1.807, 2.05) is 79.7 Å². The number of piperidine rings is 1. The third kappa shape index (κ3) is 7.45. The van der Waals surface area contributed by atoms with Gasteiger partial charge in [-0.05, 0) is 93.6 Å². The minimum Gasteiger partial charge on any atom is -0.348 e. The summed E-state index contributed by atoms with van der Waals surface area (Å²) in [4.78, 5) is 33.4. The van der Waals surface area contributed by atoms with Gasteiger partial charge in [-0.1, -0.05) is 84.2 Å². The van der Waals surface area contributed by atoms with E-state index in [0.717, 1.165) is 87.8 Å². The summed E-state index contributed by atoms with van der Waals surface area (Å²) in [7, 11) is 3.72. The molecule has 2 fully saturated rings. The first kappa shape index (κ1) is 34.3. The van der Waals surface area contributed by atoms with Crippen LogP contribution in [-0.4, -0.2) is 73.3 Å². The number of benzene rings is 3. The number of hydrogen-bond acceptors (Lipinski definition) is 3. The van der Waals surface area contributed by atoms with Crippen molar-refractivity contribution in [2.24, 2.45) is 0 Å². The average molecular weight is 657 g/mol. The molecule has 5 rings (SSSR count). The van der Waals surface area contributed by atoms with Crippen LogP contribution >= 0.6 is 35.6 Å². The summed E-state index contributed by atoms with van der Waals surface area (Å²) < 4.78 is 0. The van der Waals surface area contributed by atoms with E-state index in [2.05, 4.69) is 23.1 Å². The largest absolute Gasteiger partial charge is 0.348 e. The second kappa shape index (κ2) is 15.1. The minimum absolute atomic E-state index is 0. The number of hydrogen-bond donors (Lipinski definition) is 0. The standard InChI is InChI=1S/C36H43Cl2N3O2.ClH/c1-39(2)34(43)36(29-14-7-4-8-15-29)20-24-40(25-21-36)22-11-19-35(30-16-17-31(37)32(38)26-30)18-9-10-23-41(27-35)33(42)28-12-5-3-6-13-28;/h3-8,12-17,26H,9-11,18-25,27H2,1-2H3;1H. The van der Waals surface area contributed by atoms with Gasteiger partial charge in [0.1, 0.15) is 0 Å². The van der Waals surface area contributed by atoms with Crippen LogP contribution in [0, 0.1) is 0 Å². The maximum Gasteiger partial charge on any atom is 0.253 e. The maximum atomic E-state index is 13.6. The molecule has 0 aliphatic carbocycles. The Morgan fingerprint density at radius 1 is 0.795 bits per heavy atom. The Hall–Kier alpha value is -2.57. The molecule has 8 heteroatoms. The number of carbonyl (C=O) groups excluding carboxylic acids is 2. The highest BCUT2D eigenvalue weighted by atomic mass is 35.5. The summed E-state index contributed by atoms with van der Waals surface area (Å²) >= 11 is 12.9. The van der Waals surface area contributed by atoms with Crippen LogP contribution in [0.25, 0.3) is 0 Å². The Morgan fingerprint density at radius 3 is 2.09 bits per heavy atom. The van der Waals surface area contributed by atoms with Crippen molar-refractivity contribution in [1.29, 1.82) is 0 Å². The van der Waals surface area contributed by atoms with Crippen molar-refractivity contribution in [3.05, 3.63) is 106 Å². The van der Waals surface area contributed by atoms with E-state index in [4.69, 9.17) is 23.2 Å². The number of likely N-dealkylation sites (N-methyl/N-ethyl adjacent to an activating group) is 1. The van der Waals surface area contributed by atoms with Crippen molar-refractivity contribution in [3.63, 3.8) is 0 Å². The normalized spacial score (nSPS) is 20.3. The van der Waals surface area contributed by atoms with Gasteiger partial charge in [-0.25, -0.2) is 0 Å². The second-order valence-corrected chi connectivity index (χ2v) is 13.4. The first-order valence-corrected chi connectivity index (χ1v) is 16.3. The zero-order valence-corrected chi connectivity index (χ0v) is 28.1. The monoisotopic (exact) mass is 655 g/mol. The van der Waals surface area contributed by atoms with Crippen LogP contribution in [0.2, 0.25) is 10.0 Å². The first-order chi connectivity index (χ1) is 20.7. The molecular weight excluding hydrogens is 613 g/mol. The summed E-state index contributed by atoms with van der Waals surface area (Å²) in [6, 6.07) is 25.9. The minimum atomic E-state index is -0.470. The molecule has 236 valence electrons. The number of nitrogens with zero attached hydrogens (tertiary/aromatic N) is 3. The molecule has 0 bridgehead atoms. The SMILES string of the molecule is CN(C)C(=O)C1(c2ccccc2)CCN(CCCC2(c3ccc(Cl)c(Cl)c3)CCCCN(C(=O)c3ccccc3)C2)CC1.Cl. The molecule has 3 aromatic carbocycles. The van der Waals surface area contributed by atoms with E-state index >= 15 is 0 Å². The maximum absolute atomic E-state index is 13.6. The van der Waals surface area contributed by atoms with Crippen molar-refractivity contribution in [1.82, 2.24) is 14.7 Å². The zero-order chi connectivity index (χ0) is 30.5. The molecule has 0 radical (unpaired) electrons. The van der Waals surface area contributed by atoms with Gasteiger partial charge in [0.05, 0.1) is 15.5 Å². The predicted molar refractivity (Wildman–Crippen MR) is 183 cm³/mol. The molecule has 0 saturated carbocycles. The van der Waals surface area contributed by atoms with Gasteiger partial charge >= 0.3 is 0 Å². The predicted octanol–water partition coefficient (Wildman–Crippen LogP) is 7.88. The lowest BCUT2D eigenvalue weighted by Gasteiger charge is -2.43. The van der Waals surface area contributed by atoms with Gasteiger partial charge in [0.2, 0.25) is 5.91 Å². The zero-order valence-electron chi connectivity index (χ0n) is 25.8. The van der Waals surface area contributed by atoms with Gasteiger partial charge in [0.15, 0.2) is 0 Å². The summed E-state index contributed by atoms with van der Waals surface area (Å²) in [5, 5.41) is 1.11. The van der Waals surface area contributed by atoms with Crippen molar-refractivity contribution in [3.8, 4) is 0 Å². The molecule has 2 aliphatic heterocycles. The Morgan fingerprint density at radius 2 is 1.45 bits per heavy atom. The highest BCUT2D eigenvalue weighted by molar-refractivity contribution is 6.42. The second-order valence-electron chi connectivity index (χ2n) is 12.6. The molecule has 1 atom stereocenters. The smallest absolute Gasteiger partial charge is 0.253 e. The van der Waals surface area contributed by atoms with Crippen molar-refractivity contribution < 1.29 is 9.59 Å². The highest BCUT2D eigenvalue weighted by Crippen LogP contribution is 2.41. The van der Waals surface area contributed by atoms with Gasteiger partial charge in [0, 0.05) is 38.2 Å². The van der Waals surface area contributed by atoms with E-state index in [1.165, 1.54) is 0 Å². The summed E-state index contributed by atoms with van der Waals surface area (Å²) in [5.74, 6) is 0.282. The quantitative estimate of drug-likeness (QED) is 0.248. The fraction of sp³-hybridized carbons (Fsp3) is 0.444. The lowest BCUT2D eigenvalue weighted by Crippen LogP contribution is -2.51. The van der Waals surface area contributed by atoms with Crippen LogP contribution in [0.15, 0.2) is 78.9 Å². The van der Waals surface area contributed by atoms with Crippen LogP contribution < -0.4 is 0 Å². The molecule has 3 aromatic rings. The summed E-state index contributed by atoms with van der Waals surface area (Å²) in [5.41, 5.74) is 2.33. The molecule has 2 heterocycles. The fourth-order valence-electron chi connectivity index (χ4n) is 7.25. The molecule has 44 heavy (non-hydrogen) atoms. The lowest BCUT2D eigenvalue weighted by atomic mass is 9.71. The van der Waals surface area contributed by atoms with Gasteiger partial charge < -0.3 is 14.7 Å². The van der Waals surface area contributed by atoms with Crippen LogP contribution in [0.3, 0.4) is 0 Å². The molecule has 0 spiro atoms. The van der Waals surface area contributed by atoms with Gasteiger partial charge in [0.25, 0.3) is 5.91 Å². The van der Waals surface area contributed by atoms with E-state index in [9.17, 15) is 9.59 Å². The van der Waals surface area contributed by atoms with Crippen LogP contribution in [0.1, 0.15) is 66.4 Å². The van der Waals surface area contributed by atoms with Crippen molar-refractivity contribution in [2.45, 2.75) is 55.8 Å². The third-order valence-corrected chi connectivity index (χ3v) is 10.4. The van der Waals surface area contributed by atoms with Gasteiger partial charge in [-0.15, -0.1) is 12.4 Å². The molecule has 5 nitrogen and oxygen atoms in total. The topological polar surface area (TPSA) is 43.9 Å². The van der Waals surface area contributed by atoms with Crippen molar-refractivity contribution in [2.75, 3.05) is 46.8 Å². The number of rotatable bonds is 8. The number of carbonyl (C=O) groups is 2. The van der Waals surface area contributed by atoms with Crippen LogP contribution in [0.5, 0.6) is 0 Å².